The highest BCUT2D eigenvalue weighted by Crippen LogP contribution is 1.97. The van der Waals surface area contributed by atoms with Gasteiger partial charge in [0, 0.05) is 18.4 Å². The number of carbonyl (C=O) groups is 1. The van der Waals surface area contributed by atoms with Crippen molar-refractivity contribution in [1.82, 2.24) is 10.3 Å². The van der Waals surface area contributed by atoms with Crippen molar-refractivity contribution >= 4 is 5.97 Å². The van der Waals surface area contributed by atoms with Gasteiger partial charge in [-0.2, -0.15) is 0 Å². The maximum Gasteiger partial charge on any atom is 0.304 e. The van der Waals surface area contributed by atoms with Gasteiger partial charge in [-0.05, 0) is 31.5 Å². The van der Waals surface area contributed by atoms with Gasteiger partial charge in [0.2, 0.25) is 0 Å². The fraction of sp³-hybridized carbons (Fsp3) is 0.455. The first kappa shape index (κ1) is 11.7. The van der Waals surface area contributed by atoms with E-state index in [0.717, 1.165) is 18.5 Å². The number of aliphatic carboxylic acids is 1. The number of carboxylic acid groups (broad SMARTS) is 1. The first-order chi connectivity index (χ1) is 7.18. The molecule has 1 heterocycles. The van der Waals surface area contributed by atoms with Gasteiger partial charge in [-0.15, -0.1) is 0 Å². The van der Waals surface area contributed by atoms with E-state index < -0.39 is 5.97 Å². The van der Waals surface area contributed by atoms with Gasteiger partial charge in [0.15, 0.2) is 0 Å². The third-order valence-electron chi connectivity index (χ3n) is 2.11. The smallest absolute Gasteiger partial charge is 0.304 e. The number of pyridine rings is 1. The minimum atomic E-state index is -0.767. The second kappa shape index (κ2) is 6.14. The zero-order valence-electron chi connectivity index (χ0n) is 8.81. The summed E-state index contributed by atoms with van der Waals surface area (Å²) in [6.45, 7) is 2.65. The Hall–Kier alpha value is -1.42. The number of nitrogens with zero attached hydrogens (tertiary/aromatic N) is 1. The Morgan fingerprint density at radius 1 is 1.67 bits per heavy atom. The van der Waals surface area contributed by atoms with Crippen LogP contribution in [-0.4, -0.2) is 28.6 Å². The molecule has 1 aromatic heterocycles. The van der Waals surface area contributed by atoms with Crippen LogP contribution in [0.1, 0.15) is 18.9 Å². The van der Waals surface area contributed by atoms with Crippen molar-refractivity contribution in [3.8, 4) is 0 Å². The van der Waals surface area contributed by atoms with Crippen molar-refractivity contribution in [3.63, 3.8) is 0 Å². The minimum absolute atomic E-state index is 0.0131. The summed E-state index contributed by atoms with van der Waals surface area (Å²) in [7, 11) is 0. The van der Waals surface area contributed by atoms with E-state index in [1.807, 2.05) is 25.3 Å². The molecule has 4 heteroatoms. The second-order valence-electron chi connectivity index (χ2n) is 3.56. The average Bonchev–Trinajstić information content (AvgIpc) is 2.18. The van der Waals surface area contributed by atoms with Crippen LogP contribution in [-0.2, 0) is 11.2 Å². The van der Waals surface area contributed by atoms with Gasteiger partial charge >= 0.3 is 5.97 Å². The van der Waals surface area contributed by atoms with Gasteiger partial charge in [-0.3, -0.25) is 9.78 Å². The molecule has 82 valence electrons. The van der Waals surface area contributed by atoms with Crippen LogP contribution in [0, 0.1) is 0 Å². The fourth-order valence-electron chi connectivity index (χ4n) is 1.34. The number of hydrogen-bond acceptors (Lipinski definition) is 3. The van der Waals surface area contributed by atoms with E-state index in [2.05, 4.69) is 10.3 Å². The lowest BCUT2D eigenvalue weighted by molar-refractivity contribution is -0.137. The Labute approximate surface area is 89.3 Å². The van der Waals surface area contributed by atoms with Crippen LogP contribution in [0.4, 0.5) is 0 Å². The van der Waals surface area contributed by atoms with Crippen LogP contribution in [0.5, 0.6) is 0 Å². The first-order valence-electron chi connectivity index (χ1n) is 5.02. The van der Waals surface area contributed by atoms with Crippen molar-refractivity contribution in [2.75, 3.05) is 6.54 Å². The molecule has 0 spiro atoms. The van der Waals surface area contributed by atoms with Crippen LogP contribution < -0.4 is 5.32 Å². The van der Waals surface area contributed by atoms with E-state index in [0.29, 0.717) is 0 Å². The van der Waals surface area contributed by atoms with Crippen molar-refractivity contribution in [3.05, 3.63) is 30.1 Å². The summed E-state index contributed by atoms with van der Waals surface area (Å²) < 4.78 is 0. The zero-order valence-corrected chi connectivity index (χ0v) is 8.81. The quantitative estimate of drug-likeness (QED) is 0.734. The topological polar surface area (TPSA) is 62.2 Å². The molecule has 1 unspecified atom stereocenters. The van der Waals surface area contributed by atoms with E-state index in [-0.39, 0.29) is 12.5 Å². The van der Waals surface area contributed by atoms with Gasteiger partial charge in [0.1, 0.15) is 0 Å². The number of hydrogen-bond donors (Lipinski definition) is 2. The Morgan fingerprint density at radius 3 is 3.07 bits per heavy atom. The predicted octanol–water partition coefficient (Wildman–Crippen LogP) is 1.08. The summed E-state index contributed by atoms with van der Waals surface area (Å²) in [4.78, 5) is 14.4. The van der Waals surface area contributed by atoms with Gasteiger partial charge in [0.05, 0.1) is 6.42 Å². The first-order valence-corrected chi connectivity index (χ1v) is 5.02. The monoisotopic (exact) mass is 208 g/mol. The molecule has 2 N–H and O–H groups in total. The van der Waals surface area contributed by atoms with Crippen molar-refractivity contribution in [2.45, 2.75) is 25.8 Å². The maximum atomic E-state index is 10.4. The van der Waals surface area contributed by atoms with Crippen molar-refractivity contribution in [1.29, 1.82) is 0 Å². The average molecular weight is 208 g/mol. The molecule has 0 bridgehead atoms. The molecule has 1 aromatic rings. The fourth-order valence-corrected chi connectivity index (χ4v) is 1.34. The number of aromatic nitrogens is 1. The van der Waals surface area contributed by atoms with Gasteiger partial charge < -0.3 is 10.4 Å². The lowest BCUT2D eigenvalue weighted by Gasteiger charge is -2.10. The summed E-state index contributed by atoms with van der Waals surface area (Å²) >= 11 is 0. The molecule has 15 heavy (non-hydrogen) atoms. The molecule has 0 aliphatic rings. The molecule has 0 aliphatic carbocycles. The zero-order chi connectivity index (χ0) is 11.1. The molecule has 1 atom stereocenters. The van der Waals surface area contributed by atoms with E-state index in [1.54, 1.807) is 6.20 Å². The molecule has 0 aromatic carbocycles. The minimum Gasteiger partial charge on any atom is -0.481 e. The highest BCUT2D eigenvalue weighted by molar-refractivity contribution is 5.67. The molecule has 0 saturated heterocycles. The van der Waals surface area contributed by atoms with E-state index >= 15 is 0 Å². The summed E-state index contributed by atoms with van der Waals surface area (Å²) in [6, 6.07) is 3.92. The number of rotatable bonds is 6. The lowest BCUT2D eigenvalue weighted by atomic mass is 10.2. The summed E-state index contributed by atoms with van der Waals surface area (Å²) in [6.07, 6.45) is 4.60. The molecule has 0 radical (unpaired) electrons. The molecule has 0 fully saturated rings. The Balaban J connectivity index is 2.19. The molecule has 1 rings (SSSR count). The van der Waals surface area contributed by atoms with Gasteiger partial charge in [0.25, 0.3) is 0 Å². The normalized spacial score (nSPS) is 12.3. The molecule has 0 aliphatic heterocycles. The van der Waals surface area contributed by atoms with Gasteiger partial charge in [-0.25, -0.2) is 0 Å². The predicted molar refractivity (Wildman–Crippen MR) is 57.7 cm³/mol. The van der Waals surface area contributed by atoms with Crippen LogP contribution in [0.15, 0.2) is 24.5 Å². The van der Waals surface area contributed by atoms with Crippen molar-refractivity contribution in [2.24, 2.45) is 0 Å². The third kappa shape index (κ3) is 5.12. The SMILES string of the molecule is CC(CC(=O)O)NCCc1cccnc1. The van der Waals surface area contributed by atoms with E-state index in [1.165, 1.54) is 0 Å². The third-order valence-corrected chi connectivity index (χ3v) is 2.11. The highest BCUT2D eigenvalue weighted by Gasteiger charge is 2.05. The lowest BCUT2D eigenvalue weighted by Crippen LogP contribution is -2.30. The molecule has 0 amide bonds. The van der Waals surface area contributed by atoms with Gasteiger partial charge in [-0.1, -0.05) is 6.07 Å². The second-order valence-corrected chi connectivity index (χ2v) is 3.56. The van der Waals surface area contributed by atoms with Crippen LogP contribution in [0.3, 0.4) is 0 Å². The largest absolute Gasteiger partial charge is 0.481 e. The summed E-state index contributed by atoms with van der Waals surface area (Å²) in [5.74, 6) is -0.767. The number of carboxylic acids is 1. The van der Waals surface area contributed by atoms with Crippen molar-refractivity contribution < 1.29 is 9.90 Å². The molecular weight excluding hydrogens is 192 g/mol. The number of nitrogens with one attached hydrogen (secondary N) is 1. The van der Waals surface area contributed by atoms with Crippen LogP contribution in [0.25, 0.3) is 0 Å². The van der Waals surface area contributed by atoms with Crippen LogP contribution >= 0.6 is 0 Å². The highest BCUT2D eigenvalue weighted by atomic mass is 16.4. The summed E-state index contributed by atoms with van der Waals surface area (Å²) in [5.41, 5.74) is 1.16. The van der Waals surface area contributed by atoms with E-state index in [9.17, 15) is 4.79 Å². The maximum absolute atomic E-state index is 10.4. The Bertz CT molecular complexity index is 301. The molecule has 0 saturated carbocycles. The van der Waals surface area contributed by atoms with Crippen LogP contribution in [0.2, 0.25) is 0 Å². The standard InChI is InChI=1S/C11H16N2O2/c1-9(7-11(14)15)13-6-4-10-3-2-5-12-8-10/h2-3,5,8-9,13H,4,6-7H2,1H3,(H,14,15). The summed E-state index contributed by atoms with van der Waals surface area (Å²) in [5, 5.41) is 11.7. The van der Waals surface area contributed by atoms with E-state index in [4.69, 9.17) is 5.11 Å². The Kier molecular flexibility index (Phi) is 4.77. The molecular formula is C11H16N2O2. The molecule has 4 nitrogen and oxygen atoms in total. The Morgan fingerprint density at radius 2 is 2.47 bits per heavy atom.